The SMILES string of the molecule is CC(NC(=O)Cc1csc(-c2ccco2)n1)C1CC2CCC1C2. The summed E-state index contributed by atoms with van der Waals surface area (Å²) in [6, 6.07) is 4.01. The number of fused-ring (bicyclic) bond motifs is 2. The number of hydrogen-bond donors (Lipinski definition) is 1. The standard InChI is InChI=1S/C18H22N2O2S/c1-11(15-8-12-4-5-13(15)7-12)19-17(21)9-14-10-23-18(20-14)16-3-2-6-22-16/h2-3,6,10-13,15H,4-5,7-9H2,1H3,(H,19,21). The Kier molecular flexibility index (Phi) is 3.97. The molecule has 1 amide bonds. The average molecular weight is 330 g/mol. The van der Waals surface area contributed by atoms with Crippen molar-refractivity contribution in [1.29, 1.82) is 0 Å². The number of amides is 1. The molecular formula is C18H22N2O2S. The maximum atomic E-state index is 12.3. The van der Waals surface area contributed by atoms with Crippen LogP contribution in [0.25, 0.3) is 10.8 Å². The molecule has 2 aliphatic rings. The van der Waals surface area contributed by atoms with Crippen molar-refractivity contribution in [2.24, 2.45) is 17.8 Å². The number of nitrogens with one attached hydrogen (secondary N) is 1. The smallest absolute Gasteiger partial charge is 0.226 e. The van der Waals surface area contributed by atoms with Crippen LogP contribution in [0.15, 0.2) is 28.2 Å². The van der Waals surface area contributed by atoms with Crippen LogP contribution in [-0.2, 0) is 11.2 Å². The van der Waals surface area contributed by atoms with E-state index in [4.69, 9.17) is 4.42 Å². The first kappa shape index (κ1) is 14.9. The zero-order chi connectivity index (χ0) is 15.8. The topological polar surface area (TPSA) is 55.1 Å². The molecule has 2 heterocycles. The second kappa shape index (κ2) is 6.11. The highest BCUT2D eigenvalue weighted by Crippen LogP contribution is 2.49. The van der Waals surface area contributed by atoms with E-state index in [1.807, 2.05) is 17.5 Å². The van der Waals surface area contributed by atoms with Gasteiger partial charge in [0, 0.05) is 11.4 Å². The van der Waals surface area contributed by atoms with Crippen molar-refractivity contribution in [2.75, 3.05) is 0 Å². The number of aromatic nitrogens is 1. The van der Waals surface area contributed by atoms with Gasteiger partial charge in [-0.05, 0) is 56.1 Å². The van der Waals surface area contributed by atoms with Crippen LogP contribution in [0.1, 0.15) is 38.3 Å². The van der Waals surface area contributed by atoms with Gasteiger partial charge in [0.1, 0.15) is 0 Å². The van der Waals surface area contributed by atoms with Crippen molar-refractivity contribution < 1.29 is 9.21 Å². The molecule has 2 aromatic heterocycles. The molecule has 2 aromatic rings. The lowest BCUT2D eigenvalue weighted by atomic mass is 9.84. The Balaban J connectivity index is 1.33. The van der Waals surface area contributed by atoms with Gasteiger partial charge < -0.3 is 9.73 Å². The highest BCUT2D eigenvalue weighted by molar-refractivity contribution is 7.13. The second-order valence-corrected chi connectivity index (χ2v) is 7.85. The minimum Gasteiger partial charge on any atom is -0.462 e. The van der Waals surface area contributed by atoms with Crippen molar-refractivity contribution in [3.05, 3.63) is 29.5 Å². The van der Waals surface area contributed by atoms with E-state index in [1.54, 1.807) is 6.26 Å². The molecule has 2 fully saturated rings. The summed E-state index contributed by atoms with van der Waals surface area (Å²) in [7, 11) is 0. The molecule has 0 aliphatic heterocycles. The molecular weight excluding hydrogens is 308 g/mol. The fourth-order valence-electron chi connectivity index (χ4n) is 4.38. The van der Waals surface area contributed by atoms with Crippen molar-refractivity contribution in [2.45, 2.75) is 45.1 Å². The van der Waals surface area contributed by atoms with Crippen LogP contribution in [-0.4, -0.2) is 16.9 Å². The Hall–Kier alpha value is -1.62. The van der Waals surface area contributed by atoms with Gasteiger partial charge in [-0.25, -0.2) is 4.98 Å². The fourth-order valence-corrected chi connectivity index (χ4v) is 5.17. The van der Waals surface area contributed by atoms with Crippen molar-refractivity contribution in [3.63, 3.8) is 0 Å². The lowest BCUT2D eigenvalue weighted by Crippen LogP contribution is -2.40. The molecule has 5 heteroatoms. The van der Waals surface area contributed by atoms with E-state index in [0.717, 1.165) is 28.3 Å². The van der Waals surface area contributed by atoms with E-state index >= 15 is 0 Å². The van der Waals surface area contributed by atoms with Crippen LogP contribution in [0.5, 0.6) is 0 Å². The van der Waals surface area contributed by atoms with Gasteiger partial charge in [-0.3, -0.25) is 4.79 Å². The highest BCUT2D eigenvalue weighted by Gasteiger charge is 2.42. The summed E-state index contributed by atoms with van der Waals surface area (Å²) >= 11 is 1.52. The van der Waals surface area contributed by atoms with Crippen molar-refractivity contribution in [1.82, 2.24) is 10.3 Å². The van der Waals surface area contributed by atoms with Gasteiger partial charge in [0.15, 0.2) is 10.8 Å². The molecule has 4 nitrogen and oxygen atoms in total. The molecule has 23 heavy (non-hydrogen) atoms. The summed E-state index contributed by atoms with van der Waals surface area (Å²) < 4.78 is 5.35. The molecule has 2 saturated carbocycles. The quantitative estimate of drug-likeness (QED) is 0.905. The van der Waals surface area contributed by atoms with Gasteiger partial charge in [0.2, 0.25) is 5.91 Å². The zero-order valence-corrected chi connectivity index (χ0v) is 14.1. The Bertz CT molecular complexity index is 679. The number of nitrogens with zero attached hydrogens (tertiary/aromatic N) is 1. The zero-order valence-electron chi connectivity index (χ0n) is 13.3. The molecule has 4 rings (SSSR count). The highest BCUT2D eigenvalue weighted by atomic mass is 32.1. The number of thiazole rings is 1. The molecule has 0 saturated heterocycles. The van der Waals surface area contributed by atoms with Gasteiger partial charge in [-0.15, -0.1) is 11.3 Å². The minimum absolute atomic E-state index is 0.0802. The van der Waals surface area contributed by atoms with Crippen LogP contribution in [0.3, 0.4) is 0 Å². The van der Waals surface area contributed by atoms with Crippen LogP contribution >= 0.6 is 11.3 Å². The average Bonchev–Trinajstić information content (AvgIpc) is 3.30. The second-order valence-electron chi connectivity index (χ2n) is 6.99. The molecule has 4 unspecified atom stereocenters. The Morgan fingerprint density at radius 3 is 3.09 bits per heavy atom. The predicted molar refractivity (Wildman–Crippen MR) is 90.1 cm³/mol. The van der Waals surface area contributed by atoms with Crippen LogP contribution in [0.2, 0.25) is 0 Å². The maximum absolute atomic E-state index is 12.3. The first-order valence-electron chi connectivity index (χ1n) is 8.46. The van der Waals surface area contributed by atoms with Crippen molar-refractivity contribution in [3.8, 4) is 10.8 Å². The van der Waals surface area contributed by atoms with Gasteiger partial charge in [-0.2, -0.15) is 0 Å². The number of rotatable bonds is 5. The van der Waals surface area contributed by atoms with E-state index in [0.29, 0.717) is 12.3 Å². The molecule has 4 atom stereocenters. The third-order valence-corrected chi connectivity index (χ3v) is 6.35. The monoisotopic (exact) mass is 330 g/mol. The Morgan fingerprint density at radius 2 is 2.39 bits per heavy atom. The molecule has 0 spiro atoms. The van der Waals surface area contributed by atoms with E-state index in [9.17, 15) is 4.79 Å². The minimum atomic E-state index is 0.0802. The van der Waals surface area contributed by atoms with Crippen LogP contribution in [0.4, 0.5) is 0 Å². The molecule has 0 radical (unpaired) electrons. The molecule has 2 bridgehead atoms. The third-order valence-electron chi connectivity index (χ3n) is 5.45. The van der Waals surface area contributed by atoms with Gasteiger partial charge in [-0.1, -0.05) is 6.42 Å². The third kappa shape index (κ3) is 3.07. The number of carbonyl (C=O) groups is 1. The van der Waals surface area contributed by atoms with E-state index in [-0.39, 0.29) is 11.9 Å². The van der Waals surface area contributed by atoms with Crippen LogP contribution < -0.4 is 5.32 Å². The van der Waals surface area contributed by atoms with Gasteiger partial charge in [0.25, 0.3) is 0 Å². The van der Waals surface area contributed by atoms with Gasteiger partial charge >= 0.3 is 0 Å². The molecule has 122 valence electrons. The lowest BCUT2D eigenvalue weighted by Gasteiger charge is -2.28. The van der Waals surface area contributed by atoms with E-state index < -0.39 is 0 Å². The predicted octanol–water partition coefficient (Wildman–Crippen LogP) is 3.89. The fraction of sp³-hybridized carbons (Fsp3) is 0.556. The number of carbonyl (C=O) groups excluding carboxylic acids is 1. The number of furan rings is 1. The van der Waals surface area contributed by atoms with Crippen molar-refractivity contribution >= 4 is 17.2 Å². The van der Waals surface area contributed by atoms with E-state index in [1.165, 1.54) is 37.0 Å². The Labute approximate surface area is 140 Å². The Morgan fingerprint density at radius 1 is 1.48 bits per heavy atom. The summed E-state index contributed by atoms with van der Waals surface area (Å²) in [6.07, 6.45) is 7.42. The van der Waals surface area contributed by atoms with E-state index in [2.05, 4.69) is 17.2 Å². The van der Waals surface area contributed by atoms with Crippen LogP contribution in [0, 0.1) is 17.8 Å². The largest absolute Gasteiger partial charge is 0.462 e. The summed E-state index contributed by atoms with van der Waals surface area (Å²) in [5.41, 5.74) is 0.819. The maximum Gasteiger partial charge on any atom is 0.226 e. The molecule has 1 N–H and O–H groups in total. The first-order chi connectivity index (χ1) is 11.2. The van der Waals surface area contributed by atoms with Gasteiger partial charge in [0.05, 0.1) is 18.4 Å². The molecule has 0 aromatic carbocycles. The first-order valence-corrected chi connectivity index (χ1v) is 9.34. The number of hydrogen-bond acceptors (Lipinski definition) is 4. The molecule has 2 aliphatic carbocycles. The summed E-state index contributed by atoms with van der Waals surface area (Å²) in [6.45, 7) is 2.17. The normalized spacial score (nSPS) is 27.3. The summed E-state index contributed by atoms with van der Waals surface area (Å²) in [5.74, 6) is 3.26. The summed E-state index contributed by atoms with van der Waals surface area (Å²) in [4.78, 5) is 16.8. The lowest BCUT2D eigenvalue weighted by molar-refractivity contribution is -0.121. The summed E-state index contributed by atoms with van der Waals surface area (Å²) in [5, 5.41) is 5.98.